The lowest BCUT2D eigenvalue weighted by molar-refractivity contribution is -0.136. The standard InChI is InChI=1S/C11H14F3NO2S/c1-8(7-11(12,13)14)15-9-3-5-10(6-4-9)18(2,16)17/h3-6,8,15H,7H2,1-2H3. The van der Waals surface area contributed by atoms with E-state index in [1.54, 1.807) is 0 Å². The molecule has 0 radical (unpaired) electrons. The zero-order valence-corrected chi connectivity index (χ0v) is 10.8. The Morgan fingerprint density at radius 2 is 1.72 bits per heavy atom. The Morgan fingerprint density at radius 1 is 1.22 bits per heavy atom. The normalized spacial score (nSPS) is 14.3. The van der Waals surface area contributed by atoms with Crippen LogP contribution in [0.2, 0.25) is 0 Å². The Bertz CT molecular complexity index is 494. The van der Waals surface area contributed by atoms with Crippen molar-refractivity contribution < 1.29 is 21.6 Å². The van der Waals surface area contributed by atoms with Gasteiger partial charge in [0.15, 0.2) is 9.84 Å². The molecule has 3 nitrogen and oxygen atoms in total. The molecule has 1 atom stereocenters. The first kappa shape index (κ1) is 14.8. The van der Waals surface area contributed by atoms with Gasteiger partial charge >= 0.3 is 6.18 Å². The Kier molecular flexibility index (Phi) is 4.26. The lowest BCUT2D eigenvalue weighted by Crippen LogP contribution is -2.23. The van der Waals surface area contributed by atoms with Crippen LogP contribution in [0.4, 0.5) is 18.9 Å². The van der Waals surface area contributed by atoms with Crippen molar-refractivity contribution in [2.24, 2.45) is 0 Å². The van der Waals surface area contributed by atoms with Crippen molar-refractivity contribution in [3.8, 4) is 0 Å². The van der Waals surface area contributed by atoms with E-state index < -0.39 is 28.5 Å². The average Bonchev–Trinajstić information content (AvgIpc) is 2.13. The summed E-state index contributed by atoms with van der Waals surface area (Å²) >= 11 is 0. The molecule has 0 bridgehead atoms. The fourth-order valence-corrected chi connectivity index (χ4v) is 2.11. The first-order chi connectivity index (χ1) is 8.08. The Hall–Kier alpha value is -1.24. The van der Waals surface area contributed by atoms with Gasteiger partial charge in [-0.2, -0.15) is 13.2 Å². The summed E-state index contributed by atoms with van der Waals surface area (Å²) in [7, 11) is -3.28. The summed E-state index contributed by atoms with van der Waals surface area (Å²) in [5, 5.41) is 2.66. The minimum absolute atomic E-state index is 0.136. The first-order valence-corrected chi connectivity index (χ1v) is 7.10. The van der Waals surface area contributed by atoms with E-state index in [4.69, 9.17) is 0 Å². The van der Waals surface area contributed by atoms with Gasteiger partial charge in [0.1, 0.15) is 0 Å². The highest BCUT2D eigenvalue weighted by Crippen LogP contribution is 2.23. The largest absolute Gasteiger partial charge is 0.391 e. The van der Waals surface area contributed by atoms with Gasteiger partial charge in [-0.25, -0.2) is 8.42 Å². The van der Waals surface area contributed by atoms with Gasteiger partial charge in [0.05, 0.1) is 11.3 Å². The molecule has 0 fully saturated rings. The van der Waals surface area contributed by atoms with Gasteiger partial charge in [-0.1, -0.05) is 0 Å². The van der Waals surface area contributed by atoms with Crippen LogP contribution in [-0.2, 0) is 9.84 Å². The van der Waals surface area contributed by atoms with Gasteiger partial charge in [0.2, 0.25) is 0 Å². The second-order valence-corrected chi connectivity index (χ2v) is 6.18. The molecule has 1 aromatic rings. The zero-order valence-electron chi connectivity index (χ0n) is 9.95. The molecule has 18 heavy (non-hydrogen) atoms. The third kappa shape index (κ3) is 4.95. The van der Waals surface area contributed by atoms with Crippen LogP contribution in [0.3, 0.4) is 0 Å². The van der Waals surface area contributed by atoms with Gasteiger partial charge in [-0.15, -0.1) is 0 Å². The molecule has 0 saturated carbocycles. The van der Waals surface area contributed by atoms with Crippen molar-refractivity contribution in [2.75, 3.05) is 11.6 Å². The quantitative estimate of drug-likeness (QED) is 0.923. The third-order valence-electron chi connectivity index (χ3n) is 2.23. The van der Waals surface area contributed by atoms with Crippen LogP contribution in [0, 0.1) is 0 Å². The molecule has 0 amide bonds. The van der Waals surface area contributed by atoms with Crippen molar-refractivity contribution in [1.82, 2.24) is 0 Å². The zero-order chi connectivity index (χ0) is 14.0. The molecule has 0 saturated heterocycles. The van der Waals surface area contributed by atoms with Gasteiger partial charge in [-0.05, 0) is 31.2 Å². The van der Waals surface area contributed by atoms with E-state index >= 15 is 0 Å². The summed E-state index contributed by atoms with van der Waals surface area (Å²) in [6.07, 6.45) is -4.10. The van der Waals surface area contributed by atoms with Crippen molar-refractivity contribution in [1.29, 1.82) is 0 Å². The van der Waals surface area contributed by atoms with E-state index in [2.05, 4.69) is 5.32 Å². The van der Waals surface area contributed by atoms with E-state index in [-0.39, 0.29) is 4.90 Å². The minimum atomic E-state index is -4.22. The third-order valence-corrected chi connectivity index (χ3v) is 3.36. The van der Waals surface area contributed by atoms with Gasteiger partial charge < -0.3 is 5.32 Å². The number of hydrogen-bond donors (Lipinski definition) is 1. The Labute approximate surface area is 104 Å². The molecule has 1 rings (SSSR count). The molecule has 1 unspecified atom stereocenters. The smallest absolute Gasteiger partial charge is 0.382 e. The molecule has 0 aliphatic rings. The molecular formula is C11H14F3NO2S. The number of anilines is 1. The first-order valence-electron chi connectivity index (χ1n) is 5.21. The lowest BCUT2D eigenvalue weighted by atomic mass is 10.2. The van der Waals surface area contributed by atoms with Crippen molar-refractivity contribution in [3.05, 3.63) is 24.3 Å². The number of alkyl halides is 3. The van der Waals surface area contributed by atoms with Crippen LogP contribution < -0.4 is 5.32 Å². The van der Waals surface area contributed by atoms with E-state index in [0.717, 1.165) is 6.26 Å². The minimum Gasteiger partial charge on any atom is -0.382 e. The fraction of sp³-hybridized carbons (Fsp3) is 0.455. The van der Waals surface area contributed by atoms with Crippen molar-refractivity contribution in [2.45, 2.75) is 30.5 Å². The van der Waals surface area contributed by atoms with E-state index in [9.17, 15) is 21.6 Å². The summed E-state index contributed by atoms with van der Waals surface area (Å²) in [6.45, 7) is 1.41. The van der Waals surface area contributed by atoms with Gasteiger partial charge in [0, 0.05) is 18.0 Å². The number of rotatable bonds is 4. The Balaban J connectivity index is 2.70. The number of benzene rings is 1. The van der Waals surface area contributed by atoms with Gasteiger partial charge in [0.25, 0.3) is 0 Å². The van der Waals surface area contributed by atoms with Crippen LogP contribution in [0.5, 0.6) is 0 Å². The molecule has 0 aliphatic heterocycles. The molecule has 1 N–H and O–H groups in total. The molecule has 0 heterocycles. The fourth-order valence-electron chi connectivity index (χ4n) is 1.48. The van der Waals surface area contributed by atoms with E-state index in [1.807, 2.05) is 0 Å². The van der Waals surface area contributed by atoms with Crippen molar-refractivity contribution >= 4 is 15.5 Å². The van der Waals surface area contributed by atoms with Crippen LogP contribution in [0.1, 0.15) is 13.3 Å². The summed E-state index contributed by atoms with van der Waals surface area (Å²) < 4.78 is 58.7. The Morgan fingerprint density at radius 3 is 2.11 bits per heavy atom. The SMILES string of the molecule is CC(CC(F)(F)F)Nc1ccc(S(C)(=O)=O)cc1. The number of nitrogens with one attached hydrogen (secondary N) is 1. The molecule has 0 aromatic heterocycles. The van der Waals surface area contributed by atoms with Crippen molar-refractivity contribution in [3.63, 3.8) is 0 Å². The highest BCUT2D eigenvalue weighted by atomic mass is 32.2. The topological polar surface area (TPSA) is 46.2 Å². The number of sulfone groups is 1. The summed E-state index contributed by atoms with van der Waals surface area (Å²) in [5.74, 6) is 0. The monoisotopic (exact) mass is 281 g/mol. The van der Waals surface area contributed by atoms with E-state index in [0.29, 0.717) is 5.69 Å². The molecule has 102 valence electrons. The average molecular weight is 281 g/mol. The lowest BCUT2D eigenvalue weighted by Gasteiger charge is -2.17. The second-order valence-electron chi connectivity index (χ2n) is 4.16. The maximum atomic E-state index is 12.1. The molecule has 7 heteroatoms. The highest BCUT2D eigenvalue weighted by Gasteiger charge is 2.29. The molecule has 1 aromatic carbocycles. The van der Waals surface area contributed by atoms with Crippen LogP contribution in [0.25, 0.3) is 0 Å². The highest BCUT2D eigenvalue weighted by molar-refractivity contribution is 7.90. The predicted molar refractivity (Wildman–Crippen MR) is 63.3 cm³/mol. The van der Waals surface area contributed by atoms with Crippen LogP contribution >= 0.6 is 0 Å². The maximum absolute atomic E-state index is 12.1. The number of hydrogen-bond acceptors (Lipinski definition) is 3. The molecule has 0 aliphatic carbocycles. The maximum Gasteiger partial charge on any atom is 0.391 e. The second kappa shape index (κ2) is 5.17. The van der Waals surface area contributed by atoms with Crippen LogP contribution in [-0.4, -0.2) is 26.9 Å². The summed E-state index contributed by atoms with van der Waals surface area (Å²) in [4.78, 5) is 0.136. The number of halogens is 3. The van der Waals surface area contributed by atoms with Gasteiger partial charge in [-0.3, -0.25) is 0 Å². The van der Waals surface area contributed by atoms with Crippen LogP contribution in [0.15, 0.2) is 29.2 Å². The predicted octanol–water partition coefficient (Wildman–Crippen LogP) is 2.84. The molecule has 0 spiro atoms. The summed E-state index contributed by atoms with van der Waals surface area (Å²) in [6, 6.07) is 4.84. The molecular weight excluding hydrogens is 267 g/mol. The van der Waals surface area contributed by atoms with E-state index in [1.165, 1.54) is 31.2 Å². The summed E-state index contributed by atoms with van der Waals surface area (Å²) in [5.41, 5.74) is 0.458.